The predicted octanol–water partition coefficient (Wildman–Crippen LogP) is 5.72. The van der Waals surface area contributed by atoms with Crippen LogP contribution in [0.3, 0.4) is 0 Å². The van der Waals surface area contributed by atoms with E-state index in [1.807, 2.05) is 73.7 Å². The first-order valence-electron chi connectivity index (χ1n) is 7.21. The van der Waals surface area contributed by atoms with Crippen LogP contribution in [0, 0.1) is 6.92 Å². The summed E-state index contributed by atoms with van der Waals surface area (Å²) in [5.41, 5.74) is 3.79. The van der Waals surface area contributed by atoms with E-state index in [4.69, 9.17) is 16.0 Å². The van der Waals surface area contributed by atoms with Crippen LogP contribution in [-0.2, 0) is 0 Å². The lowest BCUT2D eigenvalue weighted by Gasteiger charge is -1.96. The van der Waals surface area contributed by atoms with Crippen LogP contribution in [0.5, 0.6) is 0 Å². The molecular weight excluding hydrogens is 308 g/mol. The Kier molecular flexibility index (Phi) is 4.69. The second kappa shape index (κ2) is 7.07. The first-order valence-corrected chi connectivity index (χ1v) is 7.59. The summed E-state index contributed by atoms with van der Waals surface area (Å²) in [7, 11) is 0. The quantitative estimate of drug-likeness (QED) is 0.576. The van der Waals surface area contributed by atoms with Crippen molar-refractivity contribution in [3.63, 3.8) is 0 Å². The number of aromatic nitrogens is 1. The molecule has 3 nitrogen and oxygen atoms in total. The molecule has 0 radical (unpaired) electrons. The molecule has 114 valence electrons. The van der Waals surface area contributed by atoms with Crippen molar-refractivity contribution in [2.24, 2.45) is 4.99 Å². The first-order chi connectivity index (χ1) is 11.2. The maximum absolute atomic E-state index is 6.11. The molecule has 0 fully saturated rings. The Hall–Kier alpha value is -2.65. The van der Waals surface area contributed by atoms with Gasteiger partial charge in [0.1, 0.15) is 5.69 Å². The Morgan fingerprint density at radius 1 is 1.04 bits per heavy atom. The predicted molar refractivity (Wildman–Crippen MR) is 95.3 cm³/mol. The van der Waals surface area contributed by atoms with Gasteiger partial charge in [-0.15, -0.1) is 0 Å². The van der Waals surface area contributed by atoms with Crippen molar-refractivity contribution in [3.05, 3.63) is 77.0 Å². The molecule has 0 spiro atoms. The molecule has 0 aliphatic heterocycles. The Bertz CT molecular complexity index is 834. The van der Waals surface area contributed by atoms with Crippen LogP contribution in [0.15, 0.2) is 70.1 Å². The van der Waals surface area contributed by atoms with Gasteiger partial charge in [-0.3, -0.25) is 0 Å². The van der Waals surface area contributed by atoms with Crippen molar-refractivity contribution in [2.75, 3.05) is 0 Å². The summed E-state index contributed by atoms with van der Waals surface area (Å²) in [6.07, 6.45) is 5.42. The number of nitrogens with zero attached hydrogens (tertiary/aromatic N) is 2. The number of hydrogen-bond donors (Lipinski definition) is 0. The van der Waals surface area contributed by atoms with Crippen LogP contribution in [0.1, 0.15) is 11.1 Å². The molecule has 23 heavy (non-hydrogen) atoms. The van der Waals surface area contributed by atoms with Crippen molar-refractivity contribution >= 4 is 29.9 Å². The summed E-state index contributed by atoms with van der Waals surface area (Å²) in [5, 5.41) is 0.244. The highest BCUT2D eigenvalue weighted by molar-refractivity contribution is 6.31. The normalized spacial score (nSPS) is 11.6. The largest absolute Gasteiger partial charge is 0.409 e. The van der Waals surface area contributed by atoms with Gasteiger partial charge in [0, 0.05) is 11.8 Å². The minimum absolute atomic E-state index is 0.239. The zero-order valence-corrected chi connectivity index (χ0v) is 13.4. The van der Waals surface area contributed by atoms with E-state index in [-0.39, 0.29) is 11.2 Å². The van der Waals surface area contributed by atoms with Gasteiger partial charge in [-0.1, -0.05) is 66.2 Å². The van der Waals surface area contributed by atoms with Gasteiger partial charge in [0.25, 0.3) is 0 Å². The average molecular weight is 323 g/mol. The van der Waals surface area contributed by atoms with Crippen molar-refractivity contribution in [2.45, 2.75) is 6.92 Å². The number of aryl methyl sites for hydroxylation is 1. The summed E-state index contributed by atoms with van der Waals surface area (Å²) in [6, 6.07) is 18.2. The van der Waals surface area contributed by atoms with Crippen LogP contribution in [-0.4, -0.2) is 11.2 Å². The Labute approximate surface area is 140 Å². The summed E-state index contributed by atoms with van der Waals surface area (Å²) >= 11 is 6.11. The summed E-state index contributed by atoms with van der Waals surface area (Å²) in [6.45, 7) is 2.03. The number of oxazole rings is 1. The highest BCUT2D eigenvalue weighted by Crippen LogP contribution is 2.31. The highest BCUT2D eigenvalue weighted by Gasteiger charge is 2.12. The molecule has 0 aliphatic carbocycles. The molecule has 4 heteroatoms. The smallest absolute Gasteiger partial charge is 0.323 e. The minimum atomic E-state index is 0.239. The third kappa shape index (κ3) is 3.96. The highest BCUT2D eigenvalue weighted by atomic mass is 35.5. The monoisotopic (exact) mass is 322 g/mol. The van der Waals surface area contributed by atoms with E-state index in [0.29, 0.717) is 5.69 Å². The van der Waals surface area contributed by atoms with Crippen molar-refractivity contribution in [1.29, 1.82) is 0 Å². The summed E-state index contributed by atoms with van der Waals surface area (Å²) in [4.78, 5) is 8.50. The topological polar surface area (TPSA) is 38.4 Å². The van der Waals surface area contributed by atoms with Gasteiger partial charge in [0.15, 0.2) is 0 Å². The minimum Gasteiger partial charge on any atom is -0.409 e. The lowest BCUT2D eigenvalue weighted by atomic mass is 10.1. The van der Waals surface area contributed by atoms with Crippen molar-refractivity contribution < 1.29 is 4.42 Å². The number of benzene rings is 2. The SMILES string of the molecule is Cc1ccc(-c2nc(/N=C/C=C/c3ccccc3)oc2Cl)cc1. The van der Waals surface area contributed by atoms with E-state index in [0.717, 1.165) is 11.1 Å². The van der Waals surface area contributed by atoms with E-state index in [1.54, 1.807) is 6.21 Å². The zero-order valence-electron chi connectivity index (χ0n) is 12.6. The van der Waals surface area contributed by atoms with Crippen LogP contribution < -0.4 is 0 Å². The van der Waals surface area contributed by atoms with Gasteiger partial charge in [-0.25, -0.2) is 4.99 Å². The molecule has 0 bridgehead atoms. The number of hydrogen-bond acceptors (Lipinski definition) is 3. The van der Waals surface area contributed by atoms with Gasteiger partial charge < -0.3 is 4.42 Å². The van der Waals surface area contributed by atoms with Crippen LogP contribution in [0.2, 0.25) is 5.22 Å². The summed E-state index contributed by atoms with van der Waals surface area (Å²) in [5.74, 6) is 0. The molecule has 0 N–H and O–H groups in total. The molecule has 0 unspecified atom stereocenters. The third-order valence-electron chi connectivity index (χ3n) is 3.26. The fourth-order valence-electron chi connectivity index (χ4n) is 2.06. The van der Waals surface area contributed by atoms with Crippen molar-refractivity contribution in [1.82, 2.24) is 4.98 Å². The molecule has 2 aromatic carbocycles. The van der Waals surface area contributed by atoms with Crippen LogP contribution >= 0.6 is 11.6 Å². The molecular formula is C19H15ClN2O. The van der Waals surface area contributed by atoms with Gasteiger partial charge in [0.2, 0.25) is 5.22 Å². The maximum Gasteiger partial charge on any atom is 0.323 e. The average Bonchev–Trinajstić information content (AvgIpc) is 2.94. The molecule has 0 atom stereocenters. The van der Waals surface area contributed by atoms with Gasteiger partial charge >= 0.3 is 6.01 Å². The molecule has 0 saturated heterocycles. The lowest BCUT2D eigenvalue weighted by Crippen LogP contribution is -1.79. The summed E-state index contributed by atoms with van der Waals surface area (Å²) < 4.78 is 5.37. The second-order valence-corrected chi connectivity index (χ2v) is 5.38. The fourth-order valence-corrected chi connectivity index (χ4v) is 2.28. The van der Waals surface area contributed by atoms with Gasteiger partial charge in [-0.2, -0.15) is 4.98 Å². The van der Waals surface area contributed by atoms with Crippen LogP contribution in [0.4, 0.5) is 6.01 Å². The standard InChI is InChI=1S/C19H15ClN2O/c1-14-9-11-16(12-10-14)17-18(20)23-19(22-17)21-13-5-8-15-6-3-2-4-7-15/h2-13H,1H3/b8-5+,21-13+. The lowest BCUT2D eigenvalue weighted by molar-refractivity contribution is 0.572. The molecule has 1 aromatic heterocycles. The van der Waals surface area contributed by atoms with Gasteiger partial charge in [-0.05, 0) is 30.2 Å². The van der Waals surface area contributed by atoms with Crippen LogP contribution in [0.25, 0.3) is 17.3 Å². The van der Waals surface area contributed by atoms with Gasteiger partial charge in [0.05, 0.1) is 0 Å². The van der Waals surface area contributed by atoms with E-state index in [2.05, 4.69) is 9.98 Å². The third-order valence-corrected chi connectivity index (χ3v) is 3.51. The number of halogens is 1. The number of allylic oxidation sites excluding steroid dienone is 1. The molecule has 1 heterocycles. The molecule has 3 aromatic rings. The zero-order chi connectivity index (χ0) is 16.1. The van der Waals surface area contributed by atoms with E-state index in [1.165, 1.54) is 5.56 Å². The molecule has 0 saturated carbocycles. The second-order valence-electron chi connectivity index (χ2n) is 5.03. The Morgan fingerprint density at radius 3 is 2.52 bits per heavy atom. The van der Waals surface area contributed by atoms with E-state index < -0.39 is 0 Å². The molecule has 3 rings (SSSR count). The van der Waals surface area contributed by atoms with Crippen molar-refractivity contribution in [3.8, 4) is 11.3 Å². The number of aliphatic imine (C=N–C) groups is 1. The maximum atomic E-state index is 6.11. The van der Waals surface area contributed by atoms with E-state index >= 15 is 0 Å². The molecule has 0 amide bonds. The Balaban J connectivity index is 1.74. The van der Waals surface area contributed by atoms with E-state index in [9.17, 15) is 0 Å². The first kappa shape index (κ1) is 15.3. The Morgan fingerprint density at radius 2 is 1.78 bits per heavy atom. The fraction of sp³-hybridized carbons (Fsp3) is 0.0526. The molecule has 0 aliphatic rings. The number of rotatable bonds is 4.